The van der Waals surface area contributed by atoms with Crippen LogP contribution in [0.5, 0.6) is 5.75 Å². The molecule has 6 rings (SSSR count). The highest BCUT2D eigenvalue weighted by Gasteiger charge is 2.45. The van der Waals surface area contributed by atoms with E-state index in [2.05, 4.69) is 30.6 Å². The number of fused-ring (bicyclic) bond motifs is 2. The number of nitrogens with zero attached hydrogens (tertiary/aromatic N) is 3. The maximum Gasteiger partial charge on any atom is 0.211 e. The molecule has 9 heteroatoms. The third-order valence-corrected chi connectivity index (χ3v) is 10.7. The Kier molecular flexibility index (Phi) is 12.8. The van der Waals surface area contributed by atoms with Gasteiger partial charge in [-0.25, -0.2) is 8.78 Å². The first-order chi connectivity index (χ1) is 24.8. The fraction of sp³-hybridized carbons (Fsp3) is 0.535. The van der Waals surface area contributed by atoms with Crippen LogP contribution in [0.3, 0.4) is 0 Å². The van der Waals surface area contributed by atoms with Gasteiger partial charge in [0, 0.05) is 29.8 Å². The first-order valence-electron chi connectivity index (χ1n) is 19.3. The topological polar surface area (TPSA) is 92.4 Å². The lowest BCUT2D eigenvalue weighted by Gasteiger charge is -2.36. The first kappa shape index (κ1) is 39.4. The monoisotopic (exact) mass is 716 g/mol. The molecule has 7 nitrogen and oxygen atoms in total. The largest absolute Gasteiger partial charge is 0.508 e. The molecule has 2 aromatic rings. The zero-order chi connectivity index (χ0) is 37.7. The number of aliphatic hydroxyl groups is 1. The van der Waals surface area contributed by atoms with Crippen molar-refractivity contribution in [3.63, 3.8) is 0 Å². The van der Waals surface area contributed by atoms with Crippen LogP contribution in [0.2, 0.25) is 0 Å². The smallest absolute Gasteiger partial charge is 0.211 e. The zero-order valence-electron chi connectivity index (χ0n) is 32.2. The third-order valence-electron chi connectivity index (χ3n) is 10.7. The summed E-state index contributed by atoms with van der Waals surface area (Å²) in [5, 5.41) is 31.6. The van der Waals surface area contributed by atoms with E-state index in [-0.39, 0.29) is 28.1 Å². The molecular formula is C43H58F2N4O3. The van der Waals surface area contributed by atoms with E-state index < -0.39 is 17.7 Å². The molecule has 1 aliphatic carbocycles. The standard InChI is InChI=1S/C39H48F2N4O3.C4H10/c1-5-10-32(48-23-39-15-8-17-45(39)18-9-16-39)43-38(44-19-13-26(46)14-20-44)33-24(4)36(41)35(37(42)29(33)7-3)30-22-27(47)21-25-11-12-31(40)28(6-2)34(25)30;1-4(2)3/h7,10-12,21-22,26,42,46-47H,5-6,8-9,13-20,23H2,1-4H3;4H,1-3H3/b29-7-,32-10-,42-37?,43-38+;. The normalized spacial score (nSPS) is 21.1. The number of aliphatic hydroxyl groups excluding tert-OH is 1. The number of nitrogens with one attached hydrogen (secondary N) is 1. The molecule has 0 saturated carbocycles. The number of halogens is 2. The second-order valence-corrected chi connectivity index (χ2v) is 15.3. The minimum absolute atomic E-state index is 0.0150. The summed E-state index contributed by atoms with van der Waals surface area (Å²) < 4.78 is 38.7. The van der Waals surface area contributed by atoms with Gasteiger partial charge in [0.15, 0.2) is 0 Å². The number of allylic oxidation sites excluding steroid dienone is 5. The van der Waals surface area contributed by atoms with E-state index in [0.29, 0.717) is 90.2 Å². The molecule has 3 saturated heterocycles. The molecule has 3 heterocycles. The van der Waals surface area contributed by atoms with Crippen molar-refractivity contribution >= 4 is 27.9 Å². The SMILES string of the molecule is C/C=C1\C(=N)C(c2cc(O)cc3ccc(F)c(CC)c23)=C(F)C(C)=C1/C(=N\C(=C\CC)OCC12CCCN1CCC2)N1CCC(O)CC1.CC(C)C. The van der Waals surface area contributed by atoms with E-state index in [9.17, 15) is 15.6 Å². The van der Waals surface area contributed by atoms with Crippen molar-refractivity contribution in [2.24, 2.45) is 10.9 Å². The van der Waals surface area contributed by atoms with Crippen LogP contribution in [0, 0.1) is 17.1 Å². The summed E-state index contributed by atoms with van der Waals surface area (Å²) in [4.78, 5) is 9.75. The maximum atomic E-state index is 17.0. The fourth-order valence-corrected chi connectivity index (χ4v) is 8.19. The van der Waals surface area contributed by atoms with E-state index in [1.165, 1.54) is 12.1 Å². The number of rotatable bonds is 8. The molecule has 0 radical (unpaired) electrons. The average molecular weight is 717 g/mol. The third kappa shape index (κ3) is 8.05. The van der Waals surface area contributed by atoms with Gasteiger partial charge in [0.25, 0.3) is 0 Å². The Bertz CT molecular complexity index is 1800. The number of likely N-dealkylation sites (tertiary alicyclic amines) is 1. The van der Waals surface area contributed by atoms with E-state index >= 15 is 8.78 Å². The molecule has 3 aliphatic heterocycles. The number of aliphatic imine (C=N–C) groups is 1. The quantitative estimate of drug-likeness (QED) is 0.144. The van der Waals surface area contributed by atoms with Crippen molar-refractivity contribution < 1.29 is 23.7 Å². The molecule has 52 heavy (non-hydrogen) atoms. The van der Waals surface area contributed by atoms with Gasteiger partial charge in [-0.05, 0) is 136 Å². The van der Waals surface area contributed by atoms with Gasteiger partial charge in [-0.3, -0.25) is 10.3 Å². The van der Waals surface area contributed by atoms with E-state index in [1.54, 1.807) is 25.1 Å². The number of hydrogen-bond donors (Lipinski definition) is 3. The second kappa shape index (κ2) is 16.9. The number of aryl methyl sites for hydroxylation is 1. The molecule has 3 N–H and O–H groups in total. The number of amidine groups is 1. The fourth-order valence-electron chi connectivity index (χ4n) is 8.19. The molecule has 0 aromatic heterocycles. The van der Waals surface area contributed by atoms with Crippen molar-refractivity contribution in [3.05, 3.63) is 81.8 Å². The summed E-state index contributed by atoms with van der Waals surface area (Å²) in [6.45, 7) is 17.6. The Labute approximate surface area is 309 Å². The Morgan fingerprint density at radius 1 is 1.08 bits per heavy atom. The van der Waals surface area contributed by atoms with E-state index in [0.717, 1.165) is 44.7 Å². The molecule has 0 spiro atoms. The summed E-state index contributed by atoms with van der Waals surface area (Å²) in [5.41, 5.74) is 1.97. The minimum Gasteiger partial charge on any atom is -0.508 e. The maximum absolute atomic E-state index is 17.0. The lowest BCUT2D eigenvalue weighted by molar-refractivity contribution is 0.0713. The van der Waals surface area contributed by atoms with Crippen LogP contribution in [0.4, 0.5) is 8.78 Å². The first-order valence-corrected chi connectivity index (χ1v) is 19.3. The molecule has 0 unspecified atom stereocenters. The minimum atomic E-state index is -0.614. The van der Waals surface area contributed by atoms with Gasteiger partial charge in [0.1, 0.15) is 29.8 Å². The summed E-state index contributed by atoms with van der Waals surface area (Å²) >= 11 is 0. The summed E-state index contributed by atoms with van der Waals surface area (Å²) in [5.74, 6) is 0.716. The van der Waals surface area contributed by atoms with Crippen LogP contribution < -0.4 is 0 Å². The van der Waals surface area contributed by atoms with E-state index in [4.69, 9.17) is 9.73 Å². The molecular weight excluding hydrogens is 658 g/mol. The second-order valence-electron chi connectivity index (χ2n) is 15.3. The number of phenols is 1. The number of ether oxygens (including phenoxy) is 1. The van der Waals surface area contributed by atoms with Crippen LogP contribution in [-0.2, 0) is 11.2 Å². The van der Waals surface area contributed by atoms with Gasteiger partial charge in [-0.2, -0.15) is 4.99 Å². The molecule has 0 atom stereocenters. The van der Waals surface area contributed by atoms with E-state index in [1.807, 2.05) is 26.8 Å². The van der Waals surface area contributed by atoms with Gasteiger partial charge in [0.2, 0.25) is 5.88 Å². The van der Waals surface area contributed by atoms with Crippen LogP contribution in [0.25, 0.3) is 16.3 Å². The number of phenolic OH excluding ortho intramolecular Hbond substituents is 1. The Balaban J connectivity index is 0.00000124. The van der Waals surface area contributed by atoms with Crippen LogP contribution in [-0.4, -0.2) is 76.0 Å². The molecule has 282 valence electrons. The summed E-state index contributed by atoms with van der Waals surface area (Å²) in [6, 6.07) is 5.91. The van der Waals surface area contributed by atoms with Crippen molar-refractivity contribution in [1.82, 2.24) is 9.80 Å². The van der Waals surface area contributed by atoms with Crippen LogP contribution in [0.1, 0.15) is 105 Å². The van der Waals surface area contributed by atoms with Crippen LogP contribution >= 0.6 is 0 Å². The average Bonchev–Trinajstić information content (AvgIpc) is 3.69. The summed E-state index contributed by atoms with van der Waals surface area (Å²) in [6.07, 6.45) is 10.0. The highest BCUT2D eigenvalue weighted by molar-refractivity contribution is 6.38. The highest BCUT2D eigenvalue weighted by atomic mass is 19.1. The van der Waals surface area contributed by atoms with Gasteiger partial charge in [0.05, 0.1) is 17.4 Å². The lowest BCUT2D eigenvalue weighted by atomic mass is 9.79. The molecule has 0 amide bonds. The predicted octanol–water partition coefficient (Wildman–Crippen LogP) is 9.64. The Morgan fingerprint density at radius 2 is 1.73 bits per heavy atom. The molecule has 2 aromatic carbocycles. The highest BCUT2D eigenvalue weighted by Crippen LogP contribution is 2.44. The number of piperidine rings is 1. The zero-order valence-corrected chi connectivity index (χ0v) is 32.2. The summed E-state index contributed by atoms with van der Waals surface area (Å²) in [7, 11) is 0. The number of aromatic hydroxyl groups is 1. The molecule has 3 fully saturated rings. The van der Waals surface area contributed by atoms with Gasteiger partial charge < -0.3 is 19.8 Å². The Hall–Kier alpha value is -3.82. The predicted molar refractivity (Wildman–Crippen MR) is 209 cm³/mol. The van der Waals surface area contributed by atoms with Crippen LogP contribution in [0.15, 0.2) is 69.8 Å². The number of hydrogen-bond acceptors (Lipinski definition) is 6. The van der Waals surface area contributed by atoms with Gasteiger partial charge >= 0.3 is 0 Å². The van der Waals surface area contributed by atoms with Crippen molar-refractivity contribution in [2.75, 3.05) is 32.8 Å². The molecule has 0 bridgehead atoms. The Morgan fingerprint density at radius 3 is 2.33 bits per heavy atom. The van der Waals surface area contributed by atoms with Crippen molar-refractivity contribution in [1.29, 1.82) is 5.41 Å². The van der Waals surface area contributed by atoms with Crippen molar-refractivity contribution in [3.8, 4) is 5.75 Å². The van der Waals surface area contributed by atoms with Gasteiger partial charge in [-0.1, -0.05) is 46.8 Å². The van der Waals surface area contributed by atoms with Gasteiger partial charge in [-0.15, -0.1) is 0 Å². The molecule has 4 aliphatic rings. The number of benzene rings is 2. The lowest BCUT2D eigenvalue weighted by Crippen LogP contribution is -2.43. The van der Waals surface area contributed by atoms with Crippen molar-refractivity contribution in [2.45, 2.75) is 111 Å².